The van der Waals surface area contributed by atoms with Crippen molar-refractivity contribution in [1.82, 2.24) is 14.9 Å². The number of aromatic nitrogens is 2. The van der Waals surface area contributed by atoms with Crippen molar-refractivity contribution in [1.29, 1.82) is 0 Å². The first kappa shape index (κ1) is 15.5. The van der Waals surface area contributed by atoms with E-state index in [1.54, 1.807) is 6.92 Å². The highest BCUT2D eigenvalue weighted by Crippen LogP contribution is 2.17. The van der Waals surface area contributed by atoms with E-state index in [4.69, 9.17) is 9.63 Å². The van der Waals surface area contributed by atoms with E-state index >= 15 is 0 Å². The topological polar surface area (TPSA) is 105 Å². The quantitative estimate of drug-likeness (QED) is 0.805. The Hall–Kier alpha value is -1.84. The number of sulfonamides is 1. The van der Waals surface area contributed by atoms with Crippen molar-refractivity contribution in [2.75, 3.05) is 6.54 Å². The average Bonchev–Trinajstić information content (AvgIpc) is 2.84. The summed E-state index contributed by atoms with van der Waals surface area (Å²) in [5, 5.41) is 12.8. The van der Waals surface area contributed by atoms with Gasteiger partial charge in [0.2, 0.25) is 15.9 Å². The van der Waals surface area contributed by atoms with Crippen LogP contribution in [0.5, 0.6) is 0 Å². The summed E-state index contributed by atoms with van der Waals surface area (Å²) in [6.07, 6.45) is 0.236. The van der Waals surface area contributed by atoms with Crippen LogP contribution >= 0.6 is 0 Å². The number of benzene rings is 1. The van der Waals surface area contributed by atoms with E-state index in [0.29, 0.717) is 11.7 Å². The third-order valence-electron chi connectivity index (χ3n) is 2.70. The molecule has 0 unspecified atom stereocenters. The first-order valence-electron chi connectivity index (χ1n) is 6.10. The van der Waals surface area contributed by atoms with Crippen molar-refractivity contribution in [3.05, 3.63) is 41.3 Å². The smallest absolute Gasteiger partial charge is 0.241 e. The molecule has 1 aromatic heterocycles. The van der Waals surface area contributed by atoms with Crippen molar-refractivity contribution >= 4 is 10.0 Å². The molecule has 0 bridgehead atoms. The number of aliphatic hydroxyl groups excluding tert-OH is 1. The number of nitrogens with zero attached hydrogens (tertiary/aromatic N) is 2. The highest BCUT2D eigenvalue weighted by molar-refractivity contribution is 7.89. The van der Waals surface area contributed by atoms with Crippen LogP contribution in [0.1, 0.15) is 17.3 Å². The molecule has 21 heavy (non-hydrogen) atoms. The van der Waals surface area contributed by atoms with Crippen LogP contribution in [-0.4, -0.2) is 30.2 Å². The molecule has 1 aromatic carbocycles. The van der Waals surface area contributed by atoms with Gasteiger partial charge in [-0.1, -0.05) is 11.2 Å². The Kier molecular flexibility index (Phi) is 4.66. The van der Waals surface area contributed by atoms with Crippen LogP contribution < -0.4 is 4.72 Å². The van der Waals surface area contributed by atoms with Gasteiger partial charge >= 0.3 is 0 Å². The lowest BCUT2D eigenvalue weighted by Crippen LogP contribution is -2.27. The minimum atomic E-state index is -3.93. The van der Waals surface area contributed by atoms with E-state index in [-0.39, 0.29) is 23.4 Å². The SMILES string of the molecule is Cc1nc(CCNS(=O)(=O)c2cc(F)ccc2CO)no1. The monoisotopic (exact) mass is 315 g/mol. The standard InChI is InChI=1S/C12H14FN3O4S/c1-8-15-12(16-20-8)4-5-14-21(18,19)11-6-10(13)3-2-9(11)7-17/h2-3,6,14,17H,4-5,7H2,1H3. The third kappa shape index (κ3) is 3.84. The van der Waals surface area contributed by atoms with Crippen LogP contribution in [-0.2, 0) is 23.1 Å². The lowest BCUT2D eigenvalue weighted by Gasteiger charge is -2.09. The van der Waals surface area contributed by atoms with Gasteiger partial charge in [0.25, 0.3) is 0 Å². The number of aliphatic hydroxyl groups is 1. The van der Waals surface area contributed by atoms with Gasteiger partial charge in [-0.3, -0.25) is 0 Å². The summed E-state index contributed by atoms with van der Waals surface area (Å²) < 4.78 is 44.5. The highest BCUT2D eigenvalue weighted by Gasteiger charge is 2.19. The molecule has 9 heteroatoms. The molecule has 2 N–H and O–H groups in total. The number of nitrogens with one attached hydrogen (secondary N) is 1. The molecule has 0 radical (unpaired) electrons. The van der Waals surface area contributed by atoms with Crippen molar-refractivity contribution in [3.8, 4) is 0 Å². The van der Waals surface area contributed by atoms with Gasteiger partial charge in [0.1, 0.15) is 5.82 Å². The minimum absolute atomic E-state index is 0.0304. The van der Waals surface area contributed by atoms with Crippen LogP contribution in [0.3, 0.4) is 0 Å². The Morgan fingerprint density at radius 1 is 1.43 bits per heavy atom. The molecule has 0 spiro atoms. The molecule has 0 aliphatic heterocycles. The number of hydrogen-bond donors (Lipinski definition) is 2. The van der Waals surface area contributed by atoms with Crippen LogP contribution in [0.4, 0.5) is 4.39 Å². The molecule has 0 amide bonds. The third-order valence-corrected chi connectivity index (χ3v) is 4.24. The summed E-state index contributed by atoms with van der Waals surface area (Å²) in [6.45, 7) is 1.16. The Labute approximate surface area is 120 Å². The number of halogens is 1. The first-order chi connectivity index (χ1) is 9.92. The van der Waals surface area contributed by atoms with Crippen LogP contribution in [0.2, 0.25) is 0 Å². The average molecular weight is 315 g/mol. The molecule has 7 nitrogen and oxygen atoms in total. The molecule has 0 saturated heterocycles. The zero-order chi connectivity index (χ0) is 15.5. The van der Waals surface area contributed by atoms with E-state index in [1.165, 1.54) is 6.07 Å². The second-order valence-electron chi connectivity index (χ2n) is 4.29. The molecule has 0 fully saturated rings. The summed E-state index contributed by atoms with van der Waals surface area (Å²) in [7, 11) is -3.93. The first-order valence-corrected chi connectivity index (χ1v) is 7.59. The van der Waals surface area contributed by atoms with Gasteiger partial charge in [0, 0.05) is 19.9 Å². The lowest BCUT2D eigenvalue weighted by atomic mass is 10.2. The summed E-state index contributed by atoms with van der Waals surface area (Å²) in [5.74, 6) is 0.0683. The van der Waals surface area contributed by atoms with Crippen LogP contribution in [0, 0.1) is 12.7 Å². The van der Waals surface area contributed by atoms with Gasteiger partial charge in [-0.2, -0.15) is 4.98 Å². The molecule has 0 aliphatic rings. The molecule has 0 aliphatic carbocycles. The fourth-order valence-electron chi connectivity index (χ4n) is 1.73. The second kappa shape index (κ2) is 6.29. The number of hydrogen-bond acceptors (Lipinski definition) is 6. The molecule has 0 atom stereocenters. The predicted molar refractivity (Wildman–Crippen MR) is 70.3 cm³/mol. The van der Waals surface area contributed by atoms with Gasteiger partial charge in [-0.05, 0) is 17.7 Å². The molecule has 0 saturated carbocycles. The van der Waals surface area contributed by atoms with E-state index < -0.39 is 22.4 Å². The maximum atomic E-state index is 13.2. The zero-order valence-corrected chi connectivity index (χ0v) is 12.0. The van der Waals surface area contributed by atoms with Gasteiger partial charge in [0.15, 0.2) is 5.82 Å². The zero-order valence-electron chi connectivity index (χ0n) is 11.2. The van der Waals surface area contributed by atoms with Crippen LogP contribution in [0.25, 0.3) is 0 Å². The normalized spacial score (nSPS) is 11.8. The molecule has 114 valence electrons. The van der Waals surface area contributed by atoms with Crippen molar-refractivity contribution in [2.24, 2.45) is 0 Å². The fraction of sp³-hybridized carbons (Fsp3) is 0.333. The highest BCUT2D eigenvalue weighted by atomic mass is 32.2. The summed E-state index contributed by atoms with van der Waals surface area (Å²) in [5.41, 5.74) is 0.124. The maximum Gasteiger partial charge on any atom is 0.241 e. The lowest BCUT2D eigenvalue weighted by molar-refractivity contribution is 0.278. The van der Waals surface area contributed by atoms with Crippen LogP contribution in [0.15, 0.2) is 27.6 Å². The Morgan fingerprint density at radius 2 is 2.19 bits per heavy atom. The van der Waals surface area contributed by atoms with E-state index in [2.05, 4.69) is 14.9 Å². The number of rotatable bonds is 6. The van der Waals surface area contributed by atoms with E-state index in [9.17, 15) is 12.8 Å². The summed E-state index contributed by atoms with van der Waals surface area (Å²) in [6, 6.07) is 3.19. The van der Waals surface area contributed by atoms with Gasteiger partial charge in [0.05, 0.1) is 11.5 Å². The molecule has 1 heterocycles. The Balaban J connectivity index is 2.09. The van der Waals surface area contributed by atoms with E-state index in [1.807, 2.05) is 0 Å². The molecule has 2 rings (SSSR count). The van der Waals surface area contributed by atoms with Crippen molar-refractivity contribution < 1.29 is 22.4 Å². The molecular formula is C12H14FN3O4S. The summed E-state index contributed by atoms with van der Waals surface area (Å²) in [4.78, 5) is 3.66. The summed E-state index contributed by atoms with van der Waals surface area (Å²) >= 11 is 0. The largest absolute Gasteiger partial charge is 0.392 e. The maximum absolute atomic E-state index is 13.2. The molecular weight excluding hydrogens is 301 g/mol. The fourth-order valence-corrected chi connectivity index (χ4v) is 3.00. The van der Waals surface area contributed by atoms with Gasteiger partial charge < -0.3 is 9.63 Å². The van der Waals surface area contributed by atoms with E-state index in [0.717, 1.165) is 12.1 Å². The van der Waals surface area contributed by atoms with Gasteiger partial charge in [-0.15, -0.1) is 0 Å². The minimum Gasteiger partial charge on any atom is -0.392 e. The molecule has 2 aromatic rings. The van der Waals surface area contributed by atoms with Crippen molar-refractivity contribution in [3.63, 3.8) is 0 Å². The Morgan fingerprint density at radius 3 is 2.81 bits per heavy atom. The van der Waals surface area contributed by atoms with Crippen molar-refractivity contribution in [2.45, 2.75) is 24.8 Å². The van der Waals surface area contributed by atoms with Gasteiger partial charge in [-0.25, -0.2) is 17.5 Å². The second-order valence-corrected chi connectivity index (χ2v) is 6.02. The predicted octanol–water partition coefficient (Wildman–Crippen LogP) is 0.530. The Bertz CT molecular complexity index is 730. The number of aryl methyl sites for hydroxylation is 1.